The Hall–Kier alpha value is -2.91. The molecule has 1 aliphatic carbocycles. The van der Waals surface area contributed by atoms with E-state index >= 15 is 0 Å². The molecule has 7 nitrogen and oxygen atoms in total. The lowest BCUT2D eigenvalue weighted by Crippen LogP contribution is -2.30. The number of rotatable bonds is 6. The Kier molecular flexibility index (Phi) is 5.26. The Morgan fingerprint density at radius 1 is 1.26 bits per heavy atom. The molecule has 0 N–H and O–H groups in total. The number of aryl methyl sites for hydroxylation is 2. The number of likely N-dealkylation sites (N-methyl/N-ethyl adjacent to an activating group) is 1. The fraction of sp³-hybridized carbons (Fsp3) is 0.524. The zero-order valence-electron chi connectivity index (χ0n) is 18.0. The minimum absolute atomic E-state index is 0.0348. The van der Waals surface area contributed by atoms with Crippen molar-refractivity contribution in [1.82, 2.24) is 29.4 Å². The van der Waals surface area contributed by atoms with Crippen molar-refractivity contribution in [3.05, 3.63) is 40.5 Å². The van der Waals surface area contributed by atoms with Gasteiger partial charge in [0.15, 0.2) is 5.65 Å². The summed E-state index contributed by atoms with van der Waals surface area (Å²) in [6, 6.07) is 1.14. The van der Waals surface area contributed by atoms with E-state index in [4.69, 9.17) is 0 Å². The molecule has 31 heavy (non-hydrogen) atoms. The molecule has 0 bridgehead atoms. The molecular weight excluding hydrogens is 409 g/mol. The van der Waals surface area contributed by atoms with Crippen LogP contribution in [0.15, 0.2) is 12.3 Å². The van der Waals surface area contributed by atoms with Gasteiger partial charge in [-0.05, 0) is 39.7 Å². The smallest absolute Gasteiger partial charge is 0.340 e. The van der Waals surface area contributed by atoms with Crippen molar-refractivity contribution in [3.8, 4) is 0 Å². The number of hydrogen-bond donors (Lipinski definition) is 0. The number of carbonyl (C=O) groups is 1. The number of nitrogens with zero attached hydrogens (tertiary/aromatic N) is 6. The maximum absolute atomic E-state index is 13.7. The molecular formula is C21H25F3N6O. The van der Waals surface area contributed by atoms with Crippen LogP contribution in [0.25, 0.3) is 11.0 Å². The third-order valence-corrected chi connectivity index (χ3v) is 5.82. The number of halogens is 3. The highest BCUT2D eigenvalue weighted by Gasteiger charge is 2.37. The highest BCUT2D eigenvalue weighted by atomic mass is 19.4. The predicted octanol–water partition coefficient (Wildman–Crippen LogP) is 3.82. The van der Waals surface area contributed by atoms with E-state index in [0.717, 1.165) is 36.7 Å². The average molecular weight is 434 g/mol. The zero-order valence-corrected chi connectivity index (χ0v) is 18.0. The molecule has 1 aliphatic rings. The van der Waals surface area contributed by atoms with Gasteiger partial charge in [-0.2, -0.15) is 23.4 Å². The quantitative estimate of drug-likeness (QED) is 0.592. The summed E-state index contributed by atoms with van der Waals surface area (Å²) in [5.41, 5.74) is 1.93. The molecule has 0 atom stereocenters. The fourth-order valence-electron chi connectivity index (χ4n) is 3.85. The standard InChI is InChI=1S/C21H25F3N6O/c1-5-29-13(3)15(9-25-29)10-28(4)18(31)11-30-20-19(12(2)27-30)16(21(22,23)24)8-17(26-20)14-6-7-14/h8-9,14H,5-7,10-11H2,1-4H3. The lowest BCUT2D eigenvalue weighted by Gasteiger charge is -2.17. The molecule has 0 spiro atoms. The molecule has 1 amide bonds. The third-order valence-electron chi connectivity index (χ3n) is 5.82. The molecule has 3 aromatic heterocycles. The van der Waals surface area contributed by atoms with Crippen LogP contribution in [0.4, 0.5) is 13.2 Å². The Morgan fingerprint density at radius 3 is 2.55 bits per heavy atom. The van der Waals surface area contributed by atoms with Crippen LogP contribution in [0.3, 0.4) is 0 Å². The van der Waals surface area contributed by atoms with E-state index in [1.807, 2.05) is 18.5 Å². The molecule has 3 heterocycles. The van der Waals surface area contributed by atoms with Gasteiger partial charge in [-0.3, -0.25) is 9.48 Å². The van der Waals surface area contributed by atoms with Crippen molar-refractivity contribution in [2.75, 3.05) is 7.05 Å². The molecule has 1 fully saturated rings. The molecule has 0 unspecified atom stereocenters. The van der Waals surface area contributed by atoms with Gasteiger partial charge in [-0.25, -0.2) is 9.67 Å². The summed E-state index contributed by atoms with van der Waals surface area (Å²) >= 11 is 0. The van der Waals surface area contributed by atoms with Crippen LogP contribution >= 0.6 is 0 Å². The van der Waals surface area contributed by atoms with Crippen LogP contribution in [0, 0.1) is 13.8 Å². The first-order valence-electron chi connectivity index (χ1n) is 10.3. The average Bonchev–Trinajstić information content (AvgIpc) is 3.44. The van der Waals surface area contributed by atoms with Crippen LogP contribution in [-0.4, -0.2) is 42.4 Å². The summed E-state index contributed by atoms with van der Waals surface area (Å²) in [5.74, 6) is -0.217. The van der Waals surface area contributed by atoms with Gasteiger partial charge in [-0.15, -0.1) is 0 Å². The molecule has 0 saturated heterocycles. The Balaban J connectivity index is 1.64. The molecule has 0 aromatic carbocycles. The number of hydrogen-bond acceptors (Lipinski definition) is 4. The van der Waals surface area contributed by atoms with Crippen molar-refractivity contribution in [2.24, 2.45) is 0 Å². The molecule has 1 saturated carbocycles. The van der Waals surface area contributed by atoms with E-state index in [0.29, 0.717) is 12.2 Å². The molecule has 0 radical (unpaired) electrons. The van der Waals surface area contributed by atoms with E-state index in [-0.39, 0.29) is 35.1 Å². The van der Waals surface area contributed by atoms with Crippen molar-refractivity contribution in [3.63, 3.8) is 0 Å². The van der Waals surface area contributed by atoms with Crippen LogP contribution < -0.4 is 0 Å². The number of aromatic nitrogens is 5. The predicted molar refractivity (Wildman–Crippen MR) is 108 cm³/mol. The summed E-state index contributed by atoms with van der Waals surface area (Å²) in [6.45, 7) is 6.36. The maximum Gasteiger partial charge on any atom is 0.417 e. The van der Waals surface area contributed by atoms with E-state index in [2.05, 4.69) is 15.2 Å². The number of pyridine rings is 1. The fourth-order valence-corrected chi connectivity index (χ4v) is 3.85. The van der Waals surface area contributed by atoms with Crippen LogP contribution in [0.2, 0.25) is 0 Å². The third kappa shape index (κ3) is 4.03. The minimum Gasteiger partial charge on any atom is -0.340 e. The first kappa shape index (κ1) is 21.3. The summed E-state index contributed by atoms with van der Waals surface area (Å²) in [5, 5.41) is 8.49. The number of carbonyl (C=O) groups excluding carboxylic acids is 1. The first-order valence-corrected chi connectivity index (χ1v) is 10.3. The van der Waals surface area contributed by atoms with Gasteiger partial charge in [0.05, 0.1) is 22.8 Å². The Bertz CT molecular complexity index is 1140. The van der Waals surface area contributed by atoms with Gasteiger partial charge in [0.2, 0.25) is 5.91 Å². The molecule has 166 valence electrons. The summed E-state index contributed by atoms with van der Waals surface area (Å²) in [4.78, 5) is 18.9. The van der Waals surface area contributed by atoms with E-state index in [1.54, 1.807) is 13.2 Å². The van der Waals surface area contributed by atoms with Crippen molar-refractivity contribution in [2.45, 2.75) is 65.3 Å². The van der Waals surface area contributed by atoms with E-state index < -0.39 is 11.7 Å². The normalized spacial score (nSPS) is 14.4. The van der Waals surface area contributed by atoms with E-state index in [9.17, 15) is 18.0 Å². The van der Waals surface area contributed by atoms with Crippen LogP contribution in [0.5, 0.6) is 0 Å². The summed E-state index contributed by atoms with van der Waals surface area (Å²) < 4.78 is 44.3. The second-order valence-corrected chi connectivity index (χ2v) is 8.13. The van der Waals surface area contributed by atoms with Crippen molar-refractivity contribution in [1.29, 1.82) is 0 Å². The van der Waals surface area contributed by atoms with Crippen molar-refractivity contribution < 1.29 is 18.0 Å². The maximum atomic E-state index is 13.7. The van der Waals surface area contributed by atoms with Gasteiger partial charge >= 0.3 is 6.18 Å². The number of amides is 1. The number of fused-ring (bicyclic) bond motifs is 1. The monoisotopic (exact) mass is 434 g/mol. The highest BCUT2D eigenvalue weighted by Crippen LogP contribution is 2.43. The topological polar surface area (TPSA) is 68.8 Å². The van der Waals surface area contributed by atoms with Gasteiger partial charge in [0.1, 0.15) is 6.54 Å². The minimum atomic E-state index is -4.51. The number of alkyl halides is 3. The van der Waals surface area contributed by atoms with Crippen LogP contribution in [-0.2, 0) is 30.6 Å². The van der Waals surface area contributed by atoms with Gasteiger partial charge in [-0.1, -0.05) is 0 Å². The SMILES string of the molecule is CCn1ncc(CN(C)C(=O)Cn2nc(C)c3c(C(F)(F)F)cc(C4CC4)nc32)c1C. The van der Waals surface area contributed by atoms with Gasteiger partial charge in [0.25, 0.3) is 0 Å². The molecule has 4 rings (SSSR count). The second kappa shape index (κ2) is 7.65. The van der Waals surface area contributed by atoms with Crippen LogP contribution in [0.1, 0.15) is 53.9 Å². The van der Waals surface area contributed by atoms with Gasteiger partial charge in [0, 0.05) is 43.0 Å². The molecule has 10 heteroatoms. The highest BCUT2D eigenvalue weighted by molar-refractivity contribution is 5.85. The van der Waals surface area contributed by atoms with Crippen molar-refractivity contribution >= 4 is 16.9 Å². The first-order chi connectivity index (χ1) is 14.6. The second-order valence-electron chi connectivity index (χ2n) is 8.13. The molecule has 0 aliphatic heterocycles. The summed E-state index contributed by atoms with van der Waals surface area (Å²) in [6.07, 6.45) is -1.12. The lowest BCUT2D eigenvalue weighted by molar-refractivity contribution is -0.136. The van der Waals surface area contributed by atoms with E-state index in [1.165, 1.54) is 16.5 Å². The molecule has 3 aromatic rings. The lowest BCUT2D eigenvalue weighted by atomic mass is 10.1. The largest absolute Gasteiger partial charge is 0.417 e. The Morgan fingerprint density at radius 2 is 1.97 bits per heavy atom. The van der Waals surface area contributed by atoms with Gasteiger partial charge < -0.3 is 4.90 Å². The summed E-state index contributed by atoms with van der Waals surface area (Å²) in [7, 11) is 1.66. The Labute approximate surface area is 177 Å². The zero-order chi connectivity index (χ0) is 22.5.